The van der Waals surface area contributed by atoms with E-state index in [1.54, 1.807) is 0 Å². The molecule has 4 nitrogen and oxygen atoms in total. The molecule has 0 aliphatic carbocycles. The Morgan fingerprint density at radius 2 is 2.00 bits per heavy atom. The second-order valence-corrected chi connectivity index (χ2v) is 3.35. The van der Waals surface area contributed by atoms with Gasteiger partial charge in [-0.1, -0.05) is 6.92 Å². The molecular weight excluding hydrogens is 158 g/mol. The molecule has 3 N–H and O–H groups in total. The van der Waals surface area contributed by atoms with Gasteiger partial charge in [-0.15, -0.1) is 0 Å². The van der Waals surface area contributed by atoms with E-state index >= 15 is 0 Å². The van der Waals surface area contributed by atoms with Crippen molar-refractivity contribution in [2.75, 3.05) is 26.2 Å². The third-order valence-corrected chi connectivity index (χ3v) is 2.50. The molecule has 0 aromatic carbocycles. The smallest absolute Gasteiger partial charge is 0.0929 e. The number of β-amino-alcohol motifs (C(OH)–C–C–N with tert-alkyl or cyclic N) is 1. The Balaban J connectivity index is 2.52. The Hall–Kier alpha value is -0.160. The molecule has 0 bridgehead atoms. The van der Waals surface area contributed by atoms with E-state index in [0.29, 0.717) is 13.1 Å². The van der Waals surface area contributed by atoms with E-state index in [1.165, 1.54) is 0 Å². The van der Waals surface area contributed by atoms with Gasteiger partial charge >= 0.3 is 0 Å². The number of piperidine rings is 1. The fourth-order valence-corrected chi connectivity index (χ4v) is 1.62. The average molecular weight is 175 g/mol. The van der Waals surface area contributed by atoms with E-state index in [1.807, 2.05) is 11.8 Å². The standard InChI is InChI=1S/C8H17NO3/c1-2-9-3-6(5-10)8(12)7(11)4-9/h6-8,10-12H,2-5H2,1H3/t6-,7-,8-/m1/s1. The van der Waals surface area contributed by atoms with Crippen LogP contribution in [-0.4, -0.2) is 58.7 Å². The van der Waals surface area contributed by atoms with Crippen LogP contribution in [0.3, 0.4) is 0 Å². The molecule has 4 heteroatoms. The predicted octanol–water partition coefficient (Wildman–Crippen LogP) is -1.35. The van der Waals surface area contributed by atoms with E-state index in [-0.39, 0.29) is 12.5 Å². The molecule has 1 rings (SSSR count). The molecule has 0 amide bonds. The molecule has 72 valence electrons. The highest BCUT2D eigenvalue weighted by Crippen LogP contribution is 2.16. The first kappa shape index (κ1) is 9.92. The summed E-state index contributed by atoms with van der Waals surface area (Å²) in [5.74, 6) is -0.200. The van der Waals surface area contributed by atoms with Gasteiger partial charge in [-0.2, -0.15) is 0 Å². The van der Waals surface area contributed by atoms with E-state index in [9.17, 15) is 10.2 Å². The number of aliphatic hydroxyl groups excluding tert-OH is 3. The largest absolute Gasteiger partial charge is 0.396 e. The number of hydrogen-bond acceptors (Lipinski definition) is 4. The van der Waals surface area contributed by atoms with Crippen molar-refractivity contribution in [3.63, 3.8) is 0 Å². The quantitative estimate of drug-likeness (QED) is 0.485. The molecule has 0 unspecified atom stereocenters. The second kappa shape index (κ2) is 4.18. The Morgan fingerprint density at radius 3 is 2.50 bits per heavy atom. The molecule has 1 fully saturated rings. The van der Waals surface area contributed by atoms with Gasteiger partial charge in [0.25, 0.3) is 0 Å². The summed E-state index contributed by atoms with van der Waals surface area (Å²) in [4.78, 5) is 2.03. The first-order chi connectivity index (χ1) is 5.69. The summed E-state index contributed by atoms with van der Waals surface area (Å²) in [7, 11) is 0. The van der Waals surface area contributed by atoms with Crippen LogP contribution in [-0.2, 0) is 0 Å². The molecule has 1 aliphatic rings. The zero-order chi connectivity index (χ0) is 9.14. The molecule has 1 saturated heterocycles. The number of nitrogens with zero attached hydrogens (tertiary/aromatic N) is 1. The van der Waals surface area contributed by atoms with Crippen LogP contribution >= 0.6 is 0 Å². The third kappa shape index (κ3) is 1.95. The molecule has 3 atom stereocenters. The summed E-state index contributed by atoms with van der Waals surface area (Å²) < 4.78 is 0. The van der Waals surface area contributed by atoms with Gasteiger partial charge in [-0.3, -0.25) is 0 Å². The predicted molar refractivity (Wildman–Crippen MR) is 44.7 cm³/mol. The molecule has 1 heterocycles. The Kier molecular flexibility index (Phi) is 3.46. The molecule has 0 aromatic rings. The van der Waals surface area contributed by atoms with Crippen molar-refractivity contribution in [1.82, 2.24) is 4.90 Å². The first-order valence-corrected chi connectivity index (χ1v) is 4.38. The zero-order valence-corrected chi connectivity index (χ0v) is 7.35. The highest BCUT2D eigenvalue weighted by Gasteiger charge is 2.33. The van der Waals surface area contributed by atoms with Crippen molar-refractivity contribution in [3.05, 3.63) is 0 Å². The SMILES string of the molecule is CCN1C[C@H](CO)[C@@H](O)[C@H](O)C1. The lowest BCUT2D eigenvalue weighted by Gasteiger charge is -2.37. The van der Waals surface area contributed by atoms with E-state index in [0.717, 1.165) is 6.54 Å². The van der Waals surface area contributed by atoms with Crippen LogP contribution in [0.4, 0.5) is 0 Å². The molecule has 12 heavy (non-hydrogen) atoms. The summed E-state index contributed by atoms with van der Waals surface area (Å²) >= 11 is 0. The maximum absolute atomic E-state index is 9.41. The van der Waals surface area contributed by atoms with E-state index < -0.39 is 12.2 Å². The van der Waals surface area contributed by atoms with Gasteiger partial charge in [0.05, 0.1) is 12.2 Å². The molecule has 0 saturated carbocycles. The van der Waals surface area contributed by atoms with Gasteiger partial charge in [0, 0.05) is 25.6 Å². The van der Waals surface area contributed by atoms with Crippen molar-refractivity contribution in [1.29, 1.82) is 0 Å². The summed E-state index contributed by atoms with van der Waals surface area (Å²) in [6, 6.07) is 0. The van der Waals surface area contributed by atoms with E-state index in [4.69, 9.17) is 5.11 Å². The molecule has 0 radical (unpaired) electrons. The monoisotopic (exact) mass is 175 g/mol. The maximum Gasteiger partial charge on any atom is 0.0929 e. The number of hydrogen-bond donors (Lipinski definition) is 3. The van der Waals surface area contributed by atoms with Crippen molar-refractivity contribution in [3.8, 4) is 0 Å². The Morgan fingerprint density at radius 1 is 1.33 bits per heavy atom. The Labute approximate surface area is 72.4 Å². The van der Waals surface area contributed by atoms with E-state index in [2.05, 4.69) is 0 Å². The van der Waals surface area contributed by atoms with Gasteiger partial charge in [0.2, 0.25) is 0 Å². The number of likely N-dealkylation sites (tertiary alicyclic amines) is 1. The fourth-order valence-electron chi connectivity index (χ4n) is 1.62. The van der Waals surface area contributed by atoms with Crippen molar-refractivity contribution in [2.24, 2.45) is 5.92 Å². The number of aliphatic hydroxyl groups is 3. The van der Waals surface area contributed by atoms with Crippen molar-refractivity contribution >= 4 is 0 Å². The average Bonchev–Trinajstić information content (AvgIpc) is 2.09. The van der Waals surface area contributed by atoms with Gasteiger partial charge in [-0.25, -0.2) is 0 Å². The fraction of sp³-hybridized carbons (Fsp3) is 1.00. The lowest BCUT2D eigenvalue weighted by Crippen LogP contribution is -2.53. The summed E-state index contributed by atoms with van der Waals surface area (Å²) in [5, 5.41) is 27.7. The van der Waals surface area contributed by atoms with Gasteiger partial charge in [-0.05, 0) is 6.54 Å². The Bertz CT molecular complexity index is 142. The lowest BCUT2D eigenvalue weighted by atomic mass is 9.93. The van der Waals surface area contributed by atoms with Crippen LogP contribution in [0, 0.1) is 5.92 Å². The van der Waals surface area contributed by atoms with Crippen LogP contribution in [0.25, 0.3) is 0 Å². The summed E-state index contributed by atoms with van der Waals surface area (Å²) in [6.07, 6.45) is -1.48. The maximum atomic E-state index is 9.41. The van der Waals surface area contributed by atoms with Crippen LogP contribution in [0.5, 0.6) is 0 Å². The van der Waals surface area contributed by atoms with Gasteiger partial charge < -0.3 is 20.2 Å². The number of likely N-dealkylation sites (N-methyl/N-ethyl adjacent to an activating group) is 1. The van der Waals surface area contributed by atoms with Gasteiger partial charge in [0.15, 0.2) is 0 Å². The molecule has 0 spiro atoms. The minimum atomic E-state index is -0.766. The minimum absolute atomic E-state index is 0.0608. The number of rotatable bonds is 2. The third-order valence-electron chi connectivity index (χ3n) is 2.50. The highest BCUT2D eigenvalue weighted by molar-refractivity contribution is 4.85. The normalized spacial score (nSPS) is 38.5. The molecule has 1 aliphatic heterocycles. The van der Waals surface area contributed by atoms with Crippen LogP contribution in [0.15, 0.2) is 0 Å². The topological polar surface area (TPSA) is 63.9 Å². The highest BCUT2D eigenvalue weighted by atomic mass is 16.3. The molecular formula is C8H17NO3. The van der Waals surface area contributed by atoms with Gasteiger partial charge in [0.1, 0.15) is 0 Å². The molecule has 0 aromatic heterocycles. The summed E-state index contributed by atoms with van der Waals surface area (Å²) in [6.45, 7) is 3.97. The van der Waals surface area contributed by atoms with Crippen molar-refractivity contribution in [2.45, 2.75) is 19.1 Å². The lowest BCUT2D eigenvalue weighted by molar-refractivity contribution is -0.0849. The first-order valence-electron chi connectivity index (χ1n) is 4.38. The van der Waals surface area contributed by atoms with Crippen LogP contribution < -0.4 is 0 Å². The van der Waals surface area contributed by atoms with Crippen molar-refractivity contribution < 1.29 is 15.3 Å². The van der Waals surface area contributed by atoms with Crippen LogP contribution in [0.2, 0.25) is 0 Å². The zero-order valence-electron chi connectivity index (χ0n) is 7.35. The van der Waals surface area contributed by atoms with Crippen LogP contribution in [0.1, 0.15) is 6.92 Å². The summed E-state index contributed by atoms with van der Waals surface area (Å²) in [5.41, 5.74) is 0. The minimum Gasteiger partial charge on any atom is -0.396 e. The second-order valence-electron chi connectivity index (χ2n) is 3.35.